The number of carboxylic acid groups (broad SMARTS) is 1. The summed E-state index contributed by atoms with van der Waals surface area (Å²) in [4.78, 5) is 23.2. The van der Waals surface area contributed by atoms with Crippen molar-refractivity contribution in [2.45, 2.75) is 19.4 Å². The van der Waals surface area contributed by atoms with E-state index in [-0.39, 0.29) is 12.0 Å². The molecule has 1 amide bonds. The number of hydrogen-bond acceptors (Lipinski definition) is 5. The molecular formula is C16H18ClN3O3S. The van der Waals surface area contributed by atoms with E-state index in [0.29, 0.717) is 16.5 Å². The van der Waals surface area contributed by atoms with Crippen molar-refractivity contribution in [3.63, 3.8) is 0 Å². The number of anilines is 1. The number of amides is 1. The van der Waals surface area contributed by atoms with E-state index in [1.165, 1.54) is 18.0 Å². The summed E-state index contributed by atoms with van der Waals surface area (Å²) in [6.45, 7) is 1.86. The van der Waals surface area contributed by atoms with Gasteiger partial charge in [-0.1, -0.05) is 17.7 Å². The molecule has 1 aromatic rings. The van der Waals surface area contributed by atoms with Gasteiger partial charge in [0.25, 0.3) is 5.91 Å². The standard InChI is InChI=1S/C16H18ClN3O3S/c1-10-3-4-12(7-13(10)17)19-9-11(8-18)15(21)20-14(16(22)23)5-6-24-2/h3-4,7,9,14,19H,5-6H2,1-2H3,(H,20,21)(H,22,23)/b11-9-. The Balaban J connectivity index is 2.79. The van der Waals surface area contributed by atoms with Gasteiger partial charge in [-0.25, -0.2) is 4.79 Å². The summed E-state index contributed by atoms with van der Waals surface area (Å²) in [5.41, 5.74) is 1.30. The maximum absolute atomic E-state index is 12.1. The zero-order chi connectivity index (χ0) is 18.1. The fourth-order valence-electron chi connectivity index (χ4n) is 1.72. The molecule has 0 heterocycles. The number of nitrogens with one attached hydrogen (secondary N) is 2. The van der Waals surface area contributed by atoms with Crippen LogP contribution in [0.25, 0.3) is 0 Å². The smallest absolute Gasteiger partial charge is 0.326 e. The summed E-state index contributed by atoms with van der Waals surface area (Å²) in [6, 6.07) is 5.94. The van der Waals surface area contributed by atoms with Crippen LogP contribution in [0.1, 0.15) is 12.0 Å². The molecule has 1 unspecified atom stereocenters. The summed E-state index contributed by atoms with van der Waals surface area (Å²) >= 11 is 7.49. The Morgan fingerprint density at radius 2 is 2.21 bits per heavy atom. The lowest BCUT2D eigenvalue weighted by molar-refractivity contribution is -0.141. The van der Waals surface area contributed by atoms with Gasteiger partial charge in [0.1, 0.15) is 17.7 Å². The first kappa shape index (κ1) is 19.9. The number of aryl methyl sites for hydroxylation is 1. The van der Waals surface area contributed by atoms with Crippen LogP contribution in [0.4, 0.5) is 5.69 Å². The topological polar surface area (TPSA) is 102 Å². The summed E-state index contributed by atoms with van der Waals surface area (Å²) in [6.07, 6.45) is 3.35. The maximum Gasteiger partial charge on any atom is 0.326 e. The molecule has 128 valence electrons. The highest BCUT2D eigenvalue weighted by atomic mass is 35.5. The predicted octanol–water partition coefficient (Wildman–Crippen LogP) is 2.79. The molecule has 3 N–H and O–H groups in total. The van der Waals surface area contributed by atoms with Gasteiger partial charge in [0, 0.05) is 16.9 Å². The van der Waals surface area contributed by atoms with Crippen LogP contribution in [-0.2, 0) is 9.59 Å². The minimum Gasteiger partial charge on any atom is -0.480 e. The number of thioether (sulfide) groups is 1. The molecule has 0 spiro atoms. The summed E-state index contributed by atoms with van der Waals surface area (Å²) in [5, 5.41) is 23.9. The molecule has 0 bridgehead atoms. The van der Waals surface area contributed by atoms with Gasteiger partial charge in [-0.05, 0) is 43.0 Å². The van der Waals surface area contributed by atoms with Crippen LogP contribution in [0.5, 0.6) is 0 Å². The normalized spacial score (nSPS) is 12.2. The van der Waals surface area contributed by atoms with Gasteiger partial charge < -0.3 is 15.7 Å². The first-order valence-electron chi connectivity index (χ1n) is 7.04. The Kier molecular flexibility index (Phi) is 8.16. The van der Waals surface area contributed by atoms with Crippen LogP contribution < -0.4 is 10.6 Å². The van der Waals surface area contributed by atoms with Crippen LogP contribution >= 0.6 is 23.4 Å². The highest BCUT2D eigenvalue weighted by Crippen LogP contribution is 2.20. The average molecular weight is 368 g/mol. The number of nitriles is 1. The second kappa shape index (κ2) is 9.85. The lowest BCUT2D eigenvalue weighted by atomic mass is 10.2. The molecule has 0 saturated carbocycles. The van der Waals surface area contributed by atoms with Gasteiger partial charge >= 0.3 is 5.97 Å². The lowest BCUT2D eigenvalue weighted by Gasteiger charge is -2.13. The molecule has 1 atom stereocenters. The number of halogens is 1. The quantitative estimate of drug-likeness (QED) is 0.482. The SMILES string of the molecule is CSCCC(NC(=O)/C(C#N)=C\Nc1ccc(C)c(Cl)c1)C(=O)O. The number of rotatable bonds is 8. The van der Waals surface area contributed by atoms with Gasteiger partial charge in [0.2, 0.25) is 0 Å². The first-order valence-corrected chi connectivity index (χ1v) is 8.81. The largest absolute Gasteiger partial charge is 0.480 e. The third-order valence-corrected chi connectivity index (χ3v) is 4.19. The third kappa shape index (κ3) is 6.14. The minimum atomic E-state index is -1.13. The number of aliphatic carboxylic acids is 1. The van der Waals surface area contributed by atoms with Crippen LogP contribution in [0, 0.1) is 18.3 Å². The van der Waals surface area contributed by atoms with E-state index in [2.05, 4.69) is 10.6 Å². The molecule has 8 heteroatoms. The molecule has 0 saturated heterocycles. The summed E-state index contributed by atoms with van der Waals surface area (Å²) < 4.78 is 0. The van der Waals surface area contributed by atoms with Gasteiger partial charge in [-0.3, -0.25) is 4.79 Å². The van der Waals surface area contributed by atoms with E-state index in [9.17, 15) is 9.59 Å². The van der Waals surface area contributed by atoms with Crippen LogP contribution in [0.3, 0.4) is 0 Å². The van der Waals surface area contributed by atoms with E-state index < -0.39 is 17.9 Å². The second-order valence-electron chi connectivity index (χ2n) is 4.92. The number of benzene rings is 1. The third-order valence-electron chi connectivity index (χ3n) is 3.13. The number of nitrogens with zero attached hydrogens (tertiary/aromatic N) is 1. The Hall–Kier alpha value is -2.17. The van der Waals surface area contributed by atoms with Crippen molar-refractivity contribution < 1.29 is 14.7 Å². The summed E-state index contributed by atoms with van der Waals surface area (Å²) in [7, 11) is 0. The maximum atomic E-state index is 12.1. The van der Waals surface area contributed by atoms with Crippen LogP contribution in [-0.4, -0.2) is 35.0 Å². The van der Waals surface area contributed by atoms with E-state index in [1.54, 1.807) is 24.3 Å². The Labute approximate surface area is 149 Å². The lowest BCUT2D eigenvalue weighted by Crippen LogP contribution is -2.41. The number of carboxylic acids is 1. The molecule has 24 heavy (non-hydrogen) atoms. The van der Waals surface area contributed by atoms with Gasteiger partial charge in [0.05, 0.1) is 0 Å². The highest BCUT2D eigenvalue weighted by Gasteiger charge is 2.21. The Morgan fingerprint density at radius 3 is 2.75 bits per heavy atom. The van der Waals surface area contributed by atoms with Crippen molar-refractivity contribution in [1.29, 1.82) is 5.26 Å². The minimum absolute atomic E-state index is 0.220. The molecule has 0 aliphatic heterocycles. The molecule has 1 aromatic carbocycles. The molecule has 0 aliphatic rings. The van der Waals surface area contributed by atoms with Crippen molar-refractivity contribution in [2.75, 3.05) is 17.3 Å². The van der Waals surface area contributed by atoms with E-state index in [1.807, 2.05) is 13.2 Å². The average Bonchev–Trinajstić information content (AvgIpc) is 2.54. The Bertz CT molecular complexity index is 686. The molecular weight excluding hydrogens is 350 g/mol. The zero-order valence-corrected chi connectivity index (χ0v) is 14.9. The van der Waals surface area contributed by atoms with Crippen molar-refractivity contribution in [3.8, 4) is 6.07 Å². The fourth-order valence-corrected chi connectivity index (χ4v) is 2.37. The Morgan fingerprint density at radius 1 is 1.50 bits per heavy atom. The number of hydrogen-bond donors (Lipinski definition) is 3. The monoisotopic (exact) mass is 367 g/mol. The predicted molar refractivity (Wildman–Crippen MR) is 96.1 cm³/mol. The number of carbonyl (C=O) groups is 2. The van der Waals surface area contributed by atoms with E-state index in [4.69, 9.17) is 22.0 Å². The summed E-state index contributed by atoms with van der Waals surface area (Å²) in [5.74, 6) is -1.28. The van der Waals surface area contributed by atoms with Gasteiger partial charge in [-0.2, -0.15) is 17.0 Å². The van der Waals surface area contributed by atoms with E-state index >= 15 is 0 Å². The molecule has 0 aliphatic carbocycles. The molecule has 0 aromatic heterocycles. The molecule has 0 fully saturated rings. The number of carbonyl (C=O) groups excluding carboxylic acids is 1. The second-order valence-corrected chi connectivity index (χ2v) is 6.32. The molecule has 1 rings (SSSR count). The van der Waals surface area contributed by atoms with Crippen molar-refractivity contribution >= 4 is 40.9 Å². The van der Waals surface area contributed by atoms with Crippen molar-refractivity contribution in [3.05, 3.63) is 40.6 Å². The van der Waals surface area contributed by atoms with Crippen molar-refractivity contribution in [2.24, 2.45) is 0 Å². The highest BCUT2D eigenvalue weighted by molar-refractivity contribution is 7.98. The van der Waals surface area contributed by atoms with Crippen LogP contribution in [0.15, 0.2) is 30.0 Å². The fraction of sp³-hybridized carbons (Fsp3) is 0.312. The van der Waals surface area contributed by atoms with Crippen molar-refractivity contribution in [1.82, 2.24) is 5.32 Å². The van der Waals surface area contributed by atoms with E-state index in [0.717, 1.165) is 5.56 Å². The molecule has 0 radical (unpaired) electrons. The van der Waals surface area contributed by atoms with Gasteiger partial charge in [-0.15, -0.1) is 0 Å². The molecule has 6 nitrogen and oxygen atoms in total. The van der Waals surface area contributed by atoms with Gasteiger partial charge in [0.15, 0.2) is 0 Å². The first-order chi connectivity index (χ1) is 11.4. The zero-order valence-electron chi connectivity index (χ0n) is 13.3. The van der Waals surface area contributed by atoms with Crippen LogP contribution in [0.2, 0.25) is 5.02 Å².